The Morgan fingerprint density at radius 3 is 2.14 bits per heavy atom. The normalized spacial score (nSPS) is 10.9. The number of hydrogen-bond donors (Lipinski definition) is 1. The van der Waals surface area contributed by atoms with E-state index in [1.165, 1.54) is 6.20 Å². The number of nitrogens with zero attached hydrogens (tertiary/aromatic N) is 6. The first kappa shape index (κ1) is 19.2. The van der Waals surface area contributed by atoms with Crippen molar-refractivity contribution in [1.29, 1.82) is 15.8 Å². The van der Waals surface area contributed by atoms with E-state index in [2.05, 4.69) is 15.1 Å². The highest BCUT2D eigenvalue weighted by Gasteiger charge is 2.32. The van der Waals surface area contributed by atoms with Gasteiger partial charge in [-0.05, 0) is 12.1 Å². The fourth-order valence-electron chi connectivity index (χ4n) is 2.34. The highest BCUT2D eigenvalue weighted by Crippen LogP contribution is 2.37. The fourth-order valence-corrected chi connectivity index (χ4v) is 3.00. The van der Waals surface area contributed by atoms with Crippen molar-refractivity contribution in [2.45, 2.75) is 6.18 Å². The molecule has 0 saturated carbocycles. The first-order chi connectivity index (χ1) is 13.2. The van der Waals surface area contributed by atoms with Gasteiger partial charge in [0.2, 0.25) is 0 Å². The molecule has 0 bridgehead atoms. The van der Waals surface area contributed by atoms with Crippen LogP contribution in [0.3, 0.4) is 0 Å². The van der Waals surface area contributed by atoms with Crippen LogP contribution in [-0.2, 0) is 6.18 Å². The summed E-state index contributed by atoms with van der Waals surface area (Å²) in [6, 6.07) is 6.68. The van der Waals surface area contributed by atoms with Crippen LogP contribution < -0.4 is 0 Å². The summed E-state index contributed by atoms with van der Waals surface area (Å²) in [6.45, 7) is 0. The number of alkyl halides is 3. The van der Waals surface area contributed by atoms with Crippen molar-refractivity contribution in [2.75, 3.05) is 0 Å². The number of rotatable bonds is 2. The molecule has 2 heterocycles. The molecule has 0 amide bonds. The molecule has 0 aliphatic rings. The molecule has 0 radical (unpaired) electrons. The summed E-state index contributed by atoms with van der Waals surface area (Å²) >= 11 is 11.9. The Morgan fingerprint density at radius 2 is 1.68 bits per heavy atom. The lowest BCUT2D eigenvalue weighted by molar-refractivity contribution is -0.137. The molecule has 0 fully saturated rings. The minimum atomic E-state index is -4.64. The van der Waals surface area contributed by atoms with Gasteiger partial charge in [0, 0.05) is 6.20 Å². The van der Waals surface area contributed by atoms with Crippen LogP contribution in [0.2, 0.25) is 10.0 Å². The monoisotopic (exact) mass is 421 g/mol. The summed E-state index contributed by atoms with van der Waals surface area (Å²) in [5.74, 6) is -0.0393. The summed E-state index contributed by atoms with van der Waals surface area (Å²) in [7, 11) is 0. The first-order valence-electron chi connectivity index (χ1n) is 7.16. The van der Waals surface area contributed by atoms with Crippen molar-refractivity contribution in [1.82, 2.24) is 19.7 Å². The Morgan fingerprint density at radius 1 is 1.04 bits per heavy atom. The summed E-state index contributed by atoms with van der Waals surface area (Å²) < 4.78 is 39.7. The Balaban J connectivity index is 2.17. The van der Waals surface area contributed by atoms with Crippen molar-refractivity contribution >= 4 is 23.2 Å². The van der Waals surface area contributed by atoms with Crippen LogP contribution in [0.1, 0.15) is 22.5 Å². The van der Waals surface area contributed by atoms with Gasteiger partial charge in [-0.1, -0.05) is 23.2 Å². The molecule has 0 aliphatic heterocycles. The van der Waals surface area contributed by atoms with E-state index in [0.29, 0.717) is 12.1 Å². The summed E-state index contributed by atoms with van der Waals surface area (Å²) in [5.41, 5.74) is -1.50. The third-order valence-electron chi connectivity index (χ3n) is 3.55. The topological polar surface area (TPSA) is 118 Å². The number of nitriles is 3. The lowest BCUT2D eigenvalue weighted by Crippen LogP contribution is -2.07. The van der Waals surface area contributed by atoms with Crippen LogP contribution in [0.4, 0.5) is 13.2 Å². The zero-order valence-electron chi connectivity index (χ0n) is 13.3. The third kappa shape index (κ3) is 3.25. The Bertz CT molecular complexity index is 1160. The standard InChI is InChI=1S/C16H4Cl2F3N7/c17-9-1-8(16(19,20)21)2-10(18)14(9)28-6-7(3-22)13(27-28)15-25-11(4-23)12(5-24)26-15/h1-2,6H,(H,25,26). The average molecular weight is 422 g/mol. The first-order valence-corrected chi connectivity index (χ1v) is 7.92. The fraction of sp³-hybridized carbons (Fsp3) is 0.0625. The molecule has 12 heteroatoms. The molecule has 0 saturated heterocycles. The van der Waals surface area contributed by atoms with Gasteiger partial charge in [-0.3, -0.25) is 0 Å². The van der Waals surface area contributed by atoms with E-state index in [-0.39, 0.29) is 44.2 Å². The molecule has 1 N–H and O–H groups in total. The summed E-state index contributed by atoms with van der Waals surface area (Å²) in [4.78, 5) is 6.46. The summed E-state index contributed by atoms with van der Waals surface area (Å²) in [6.07, 6.45) is -3.45. The van der Waals surface area contributed by atoms with E-state index in [1.54, 1.807) is 12.1 Å². The van der Waals surface area contributed by atoms with E-state index >= 15 is 0 Å². The molecule has 7 nitrogen and oxygen atoms in total. The van der Waals surface area contributed by atoms with Gasteiger partial charge in [0.1, 0.15) is 35.2 Å². The van der Waals surface area contributed by atoms with Gasteiger partial charge in [-0.2, -0.15) is 34.1 Å². The van der Waals surface area contributed by atoms with Gasteiger partial charge in [-0.25, -0.2) is 9.67 Å². The average Bonchev–Trinajstić information content (AvgIpc) is 3.23. The van der Waals surface area contributed by atoms with Crippen molar-refractivity contribution in [3.63, 3.8) is 0 Å². The predicted octanol–water partition coefficient (Wildman–Crippen LogP) is 4.20. The smallest absolute Gasteiger partial charge is 0.327 e. The van der Waals surface area contributed by atoms with Gasteiger partial charge in [0.25, 0.3) is 0 Å². The minimum absolute atomic E-state index is 0.0326. The number of H-pyrrole nitrogens is 1. The van der Waals surface area contributed by atoms with Gasteiger partial charge < -0.3 is 4.98 Å². The molecule has 0 aliphatic carbocycles. The molecule has 0 unspecified atom stereocenters. The van der Waals surface area contributed by atoms with Crippen LogP contribution in [0.5, 0.6) is 0 Å². The number of halogens is 5. The molecule has 0 spiro atoms. The lowest BCUT2D eigenvalue weighted by Gasteiger charge is -2.12. The number of imidazole rings is 1. The van der Waals surface area contributed by atoms with Crippen LogP contribution in [-0.4, -0.2) is 19.7 Å². The zero-order valence-corrected chi connectivity index (χ0v) is 14.8. The molecule has 138 valence electrons. The number of benzene rings is 1. The number of aromatic nitrogens is 4. The van der Waals surface area contributed by atoms with Crippen LogP contribution in [0.15, 0.2) is 18.3 Å². The molecule has 2 aromatic heterocycles. The van der Waals surface area contributed by atoms with Gasteiger partial charge in [0.05, 0.1) is 15.6 Å². The second-order valence-electron chi connectivity index (χ2n) is 5.27. The SMILES string of the molecule is N#Cc1cn(-c2c(Cl)cc(C(F)(F)F)cc2Cl)nc1-c1nc(C#N)c(C#N)[nH]1. The highest BCUT2D eigenvalue weighted by molar-refractivity contribution is 6.37. The lowest BCUT2D eigenvalue weighted by atomic mass is 10.2. The molecular formula is C16H4Cl2F3N7. The van der Waals surface area contributed by atoms with Gasteiger partial charge in [0.15, 0.2) is 17.2 Å². The Kier molecular flexibility index (Phi) is 4.74. The quantitative estimate of drug-likeness (QED) is 0.664. The Hall–Kier alpha value is -3.52. The van der Waals surface area contributed by atoms with E-state index in [9.17, 15) is 18.4 Å². The zero-order chi connectivity index (χ0) is 20.6. The minimum Gasteiger partial charge on any atom is -0.327 e. The molecule has 28 heavy (non-hydrogen) atoms. The van der Waals surface area contributed by atoms with Crippen LogP contribution in [0.25, 0.3) is 17.2 Å². The van der Waals surface area contributed by atoms with E-state index in [4.69, 9.17) is 33.7 Å². The largest absolute Gasteiger partial charge is 0.416 e. The van der Waals surface area contributed by atoms with Crippen molar-refractivity contribution in [3.05, 3.63) is 50.9 Å². The van der Waals surface area contributed by atoms with E-state index in [1.807, 2.05) is 6.07 Å². The van der Waals surface area contributed by atoms with Crippen molar-refractivity contribution in [2.24, 2.45) is 0 Å². The van der Waals surface area contributed by atoms with Crippen molar-refractivity contribution in [3.8, 4) is 35.4 Å². The third-order valence-corrected chi connectivity index (χ3v) is 4.13. The van der Waals surface area contributed by atoms with Gasteiger partial charge in [-0.15, -0.1) is 0 Å². The van der Waals surface area contributed by atoms with E-state index < -0.39 is 11.7 Å². The molecular weight excluding hydrogens is 418 g/mol. The van der Waals surface area contributed by atoms with E-state index in [0.717, 1.165) is 4.68 Å². The van der Waals surface area contributed by atoms with Gasteiger partial charge >= 0.3 is 6.18 Å². The maximum absolute atomic E-state index is 12.9. The second kappa shape index (κ2) is 6.90. The van der Waals surface area contributed by atoms with Crippen LogP contribution >= 0.6 is 23.2 Å². The molecule has 3 rings (SSSR count). The summed E-state index contributed by atoms with van der Waals surface area (Å²) in [5, 5.41) is 30.7. The van der Waals surface area contributed by atoms with Crippen LogP contribution in [0, 0.1) is 34.0 Å². The number of aromatic amines is 1. The molecule has 1 aromatic carbocycles. The number of hydrogen-bond acceptors (Lipinski definition) is 5. The molecule has 3 aromatic rings. The second-order valence-corrected chi connectivity index (χ2v) is 6.08. The molecule has 0 atom stereocenters. The van der Waals surface area contributed by atoms with Crippen molar-refractivity contribution < 1.29 is 13.2 Å². The predicted molar refractivity (Wildman–Crippen MR) is 90.3 cm³/mol. The Labute approximate surface area is 164 Å². The maximum atomic E-state index is 12.9. The number of nitrogens with one attached hydrogen (secondary N) is 1. The highest BCUT2D eigenvalue weighted by atomic mass is 35.5. The maximum Gasteiger partial charge on any atom is 0.416 e.